The van der Waals surface area contributed by atoms with Gasteiger partial charge in [0, 0.05) is 22.2 Å². The first-order valence-corrected chi connectivity index (χ1v) is 7.35. The third-order valence-corrected chi connectivity index (χ3v) is 4.06. The molecule has 3 nitrogen and oxygen atoms in total. The van der Waals surface area contributed by atoms with Gasteiger partial charge >= 0.3 is 0 Å². The SMILES string of the molecule is Cc1ccc(C(O)c2cc3c(cc2Cl)OCCO3)c(Cl)c1. The van der Waals surface area contributed by atoms with E-state index < -0.39 is 6.10 Å². The number of fused-ring (bicyclic) bond motifs is 1. The van der Waals surface area contributed by atoms with Crippen LogP contribution >= 0.6 is 23.2 Å². The van der Waals surface area contributed by atoms with Gasteiger partial charge in [-0.05, 0) is 24.6 Å². The van der Waals surface area contributed by atoms with Gasteiger partial charge in [0.15, 0.2) is 11.5 Å². The summed E-state index contributed by atoms with van der Waals surface area (Å²) in [6.45, 7) is 2.92. The third-order valence-electron chi connectivity index (χ3n) is 3.41. The first-order chi connectivity index (χ1) is 10.1. The molecule has 0 spiro atoms. The lowest BCUT2D eigenvalue weighted by Crippen LogP contribution is -2.16. The summed E-state index contributed by atoms with van der Waals surface area (Å²) in [6, 6.07) is 8.88. The summed E-state index contributed by atoms with van der Waals surface area (Å²) in [5.74, 6) is 1.18. The van der Waals surface area contributed by atoms with E-state index in [1.807, 2.05) is 19.1 Å². The van der Waals surface area contributed by atoms with Gasteiger partial charge < -0.3 is 14.6 Å². The predicted molar refractivity (Wildman–Crippen MR) is 82.7 cm³/mol. The van der Waals surface area contributed by atoms with Crippen molar-refractivity contribution in [2.75, 3.05) is 13.2 Å². The van der Waals surface area contributed by atoms with Crippen LogP contribution in [0, 0.1) is 6.92 Å². The van der Waals surface area contributed by atoms with E-state index in [1.165, 1.54) is 0 Å². The largest absolute Gasteiger partial charge is 0.486 e. The quantitative estimate of drug-likeness (QED) is 0.901. The second-order valence-corrected chi connectivity index (χ2v) is 5.76. The summed E-state index contributed by atoms with van der Waals surface area (Å²) in [5.41, 5.74) is 2.19. The Balaban J connectivity index is 2.03. The van der Waals surface area contributed by atoms with Crippen molar-refractivity contribution in [3.05, 3.63) is 57.1 Å². The first kappa shape index (κ1) is 14.5. The Bertz CT molecular complexity index is 685. The predicted octanol–water partition coefficient (Wildman–Crippen LogP) is 4.15. The van der Waals surface area contributed by atoms with Crippen molar-refractivity contribution in [1.82, 2.24) is 0 Å². The van der Waals surface area contributed by atoms with Crippen LogP contribution in [0.25, 0.3) is 0 Å². The highest BCUT2D eigenvalue weighted by molar-refractivity contribution is 6.32. The minimum atomic E-state index is -0.915. The van der Waals surface area contributed by atoms with Gasteiger partial charge in [0.05, 0.1) is 5.02 Å². The highest BCUT2D eigenvalue weighted by Gasteiger charge is 2.21. The van der Waals surface area contributed by atoms with Crippen molar-refractivity contribution in [2.45, 2.75) is 13.0 Å². The summed E-state index contributed by atoms with van der Waals surface area (Å²) in [4.78, 5) is 0. The maximum absolute atomic E-state index is 10.6. The van der Waals surface area contributed by atoms with Crippen LogP contribution in [-0.4, -0.2) is 18.3 Å². The Morgan fingerprint density at radius 1 is 0.952 bits per heavy atom. The van der Waals surface area contributed by atoms with Crippen molar-refractivity contribution in [3.63, 3.8) is 0 Å². The molecule has 110 valence electrons. The maximum atomic E-state index is 10.6. The Labute approximate surface area is 133 Å². The molecule has 21 heavy (non-hydrogen) atoms. The standard InChI is InChI=1S/C16H14Cl2O3/c1-9-2-3-10(12(17)6-9)16(19)11-7-14-15(8-13(11)18)21-5-4-20-14/h2-3,6-8,16,19H,4-5H2,1H3. The number of aryl methyl sites for hydroxylation is 1. The van der Waals surface area contributed by atoms with Crippen LogP contribution in [0.2, 0.25) is 10.0 Å². The zero-order valence-electron chi connectivity index (χ0n) is 11.4. The van der Waals surface area contributed by atoms with Crippen LogP contribution in [0.1, 0.15) is 22.8 Å². The fourth-order valence-corrected chi connectivity index (χ4v) is 2.91. The number of ether oxygens (including phenoxy) is 2. The zero-order valence-corrected chi connectivity index (χ0v) is 12.9. The van der Waals surface area contributed by atoms with E-state index in [1.54, 1.807) is 18.2 Å². The molecule has 5 heteroatoms. The number of halogens is 2. The minimum Gasteiger partial charge on any atom is -0.486 e. The molecule has 1 aliphatic heterocycles. The first-order valence-electron chi connectivity index (χ1n) is 6.59. The smallest absolute Gasteiger partial charge is 0.162 e. The van der Waals surface area contributed by atoms with Crippen LogP contribution < -0.4 is 9.47 Å². The van der Waals surface area contributed by atoms with Crippen molar-refractivity contribution in [1.29, 1.82) is 0 Å². The second-order valence-electron chi connectivity index (χ2n) is 4.94. The van der Waals surface area contributed by atoms with Crippen molar-refractivity contribution < 1.29 is 14.6 Å². The minimum absolute atomic E-state index is 0.420. The molecule has 0 aliphatic carbocycles. The summed E-state index contributed by atoms with van der Waals surface area (Å²) in [7, 11) is 0. The molecule has 1 N–H and O–H groups in total. The number of hydrogen-bond donors (Lipinski definition) is 1. The van der Waals surface area contributed by atoms with E-state index in [9.17, 15) is 5.11 Å². The van der Waals surface area contributed by atoms with Gasteiger partial charge in [-0.15, -0.1) is 0 Å². The van der Waals surface area contributed by atoms with Crippen molar-refractivity contribution in [2.24, 2.45) is 0 Å². The molecule has 0 amide bonds. The van der Waals surface area contributed by atoms with Gasteiger partial charge in [-0.3, -0.25) is 0 Å². The van der Waals surface area contributed by atoms with E-state index in [-0.39, 0.29) is 0 Å². The Hall–Kier alpha value is -1.42. The van der Waals surface area contributed by atoms with Gasteiger partial charge in [0.1, 0.15) is 19.3 Å². The number of aliphatic hydroxyl groups is 1. The highest BCUT2D eigenvalue weighted by Crippen LogP contribution is 2.40. The van der Waals surface area contributed by atoms with Crippen LogP contribution in [0.5, 0.6) is 11.5 Å². The van der Waals surface area contributed by atoms with Crippen LogP contribution in [0.4, 0.5) is 0 Å². The molecule has 0 aromatic heterocycles. The summed E-state index contributed by atoms with van der Waals surface area (Å²) < 4.78 is 11.0. The molecular weight excluding hydrogens is 311 g/mol. The average Bonchev–Trinajstić information content (AvgIpc) is 2.46. The topological polar surface area (TPSA) is 38.7 Å². The molecule has 0 bridgehead atoms. The number of aliphatic hydroxyl groups excluding tert-OH is 1. The summed E-state index contributed by atoms with van der Waals surface area (Å²) in [6.07, 6.45) is -0.915. The third kappa shape index (κ3) is 2.82. The fraction of sp³-hybridized carbons (Fsp3) is 0.250. The molecule has 1 heterocycles. The Kier molecular flexibility index (Phi) is 3.98. The van der Waals surface area contributed by atoms with E-state index in [4.69, 9.17) is 32.7 Å². The summed E-state index contributed by atoms with van der Waals surface area (Å²) >= 11 is 12.5. The maximum Gasteiger partial charge on any atom is 0.162 e. The second kappa shape index (κ2) is 5.76. The number of rotatable bonds is 2. The lowest BCUT2D eigenvalue weighted by atomic mass is 9.99. The summed E-state index contributed by atoms with van der Waals surface area (Å²) in [5, 5.41) is 11.5. The van der Waals surface area contributed by atoms with Gasteiger partial charge in [-0.25, -0.2) is 0 Å². The molecule has 0 saturated heterocycles. The van der Waals surface area contributed by atoms with Crippen LogP contribution in [-0.2, 0) is 0 Å². The molecule has 1 unspecified atom stereocenters. The molecule has 0 fully saturated rings. The van der Waals surface area contributed by atoms with Gasteiger partial charge in [-0.1, -0.05) is 35.3 Å². The fourth-order valence-electron chi connectivity index (χ4n) is 2.31. The van der Waals surface area contributed by atoms with Gasteiger partial charge in [-0.2, -0.15) is 0 Å². The van der Waals surface area contributed by atoms with E-state index in [2.05, 4.69) is 0 Å². The van der Waals surface area contributed by atoms with Crippen molar-refractivity contribution in [3.8, 4) is 11.5 Å². The lowest BCUT2D eigenvalue weighted by Gasteiger charge is -2.22. The monoisotopic (exact) mass is 324 g/mol. The average molecular weight is 325 g/mol. The molecule has 2 aromatic rings. The van der Waals surface area contributed by atoms with Gasteiger partial charge in [0.2, 0.25) is 0 Å². The molecule has 1 aliphatic rings. The zero-order chi connectivity index (χ0) is 15.0. The Morgan fingerprint density at radius 3 is 2.24 bits per heavy atom. The molecular formula is C16H14Cl2O3. The molecule has 0 saturated carbocycles. The Morgan fingerprint density at radius 2 is 1.57 bits per heavy atom. The number of hydrogen-bond acceptors (Lipinski definition) is 3. The highest BCUT2D eigenvalue weighted by atomic mass is 35.5. The molecule has 2 aromatic carbocycles. The van der Waals surface area contributed by atoms with E-state index >= 15 is 0 Å². The van der Waals surface area contributed by atoms with Crippen molar-refractivity contribution >= 4 is 23.2 Å². The number of benzene rings is 2. The normalized spacial score (nSPS) is 14.9. The van der Waals surface area contributed by atoms with Crippen LogP contribution in [0.3, 0.4) is 0 Å². The molecule has 3 rings (SSSR count). The van der Waals surface area contributed by atoms with E-state index in [0.29, 0.717) is 45.9 Å². The molecule has 1 atom stereocenters. The van der Waals surface area contributed by atoms with Gasteiger partial charge in [0.25, 0.3) is 0 Å². The van der Waals surface area contributed by atoms with Crippen LogP contribution in [0.15, 0.2) is 30.3 Å². The van der Waals surface area contributed by atoms with E-state index in [0.717, 1.165) is 5.56 Å². The molecule has 0 radical (unpaired) electrons. The lowest BCUT2D eigenvalue weighted by molar-refractivity contribution is 0.169.